The van der Waals surface area contributed by atoms with Crippen LogP contribution in [0.5, 0.6) is 17.2 Å². The summed E-state index contributed by atoms with van der Waals surface area (Å²) < 4.78 is 15.9. The zero-order valence-corrected chi connectivity index (χ0v) is 15.2. The third-order valence-electron chi connectivity index (χ3n) is 4.27. The molecule has 8 heteroatoms. The Hall–Kier alpha value is -3.16. The van der Waals surface area contributed by atoms with Crippen LogP contribution in [0.4, 0.5) is 0 Å². The largest absolute Gasteiger partial charge is 0.496 e. The molecule has 0 aromatic heterocycles. The maximum atomic E-state index is 11.9. The molecule has 1 aromatic carbocycles. The number of carbonyl (C=O) groups is 2. The van der Waals surface area contributed by atoms with Crippen LogP contribution in [0.15, 0.2) is 34.7 Å². The summed E-state index contributed by atoms with van der Waals surface area (Å²) in [4.78, 5) is 23.8. The molecule has 0 saturated carbocycles. The molecule has 1 aliphatic heterocycles. The number of aliphatic carboxylic acids is 2. The lowest BCUT2D eigenvalue weighted by Gasteiger charge is -2.30. The molecule has 0 atom stereocenters. The first-order valence-electron chi connectivity index (χ1n) is 7.71. The molecule has 26 heavy (non-hydrogen) atoms. The Balaban J connectivity index is 2.84. The number of benzene rings is 1. The van der Waals surface area contributed by atoms with E-state index < -0.39 is 17.9 Å². The summed E-state index contributed by atoms with van der Waals surface area (Å²) in [7, 11) is 4.32. The number of nitrogens with one attached hydrogen (secondary N) is 1. The van der Waals surface area contributed by atoms with Crippen molar-refractivity contribution in [2.24, 2.45) is 0 Å². The summed E-state index contributed by atoms with van der Waals surface area (Å²) in [6, 6.07) is 3.08. The number of rotatable bonds is 6. The summed E-state index contributed by atoms with van der Waals surface area (Å²) in [6.45, 7) is 3.18. The molecule has 140 valence electrons. The van der Waals surface area contributed by atoms with E-state index in [1.54, 1.807) is 26.0 Å². The van der Waals surface area contributed by atoms with Gasteiger partial charge in [0.05, 0.1) is 38.4 Å². The number of hydrogen-bond acceptors (Lipinski definition) is 6. The minimum atomic E-state index is -1.22. The highest BCUT2D eigenvalue weighted by atomic mass is 16.5. The highest BCUT2D eigenvalue weighted by molar-refractivity contribution is 5.98. The van der Waals surface area contributed by atoms with Gasteiger partial charge in [-0.15, -0.1) is 0 Å². The Kier molecular flexibility index (Phi) is 5.44. The van der Waals surface area contributed by atoms with Crippen molar-refractivity contribution in [2.75, 3.05) is 21.3 Å². The average Bonchev–Trinajstić information content (AvgIpc) is 2.58. The molecule has 0 unspecified atom stereocenters. The number of hydrogen-bond donors (Lipinski definition) is 3. The Morgan fingerprint density at radius 1 is 0.846 bits per heavy atom. The van der Waals surface area contributed by atoms with Gasteiger partial charge in [-0.1, -0.05) is 0 Å². The number of dihydropyridines is 1. The predicted octanol–water partition coefficient (Wildman–Crippen LogP) is 2.12. The standard InChI is InChI=1S/C18H21NO7/c1-8-14(17(20)21)16(15(18(22)23)9(2)19-8)10-6-12(25-4)13(26-5)7-11(10)24-3/h6-7,16,19H,1-5H3,(H,20,21)(H,22,23). The van der Waals surface area contributed by atoms with E-state index in [1.165, 1.54) is 21.3 Å². The molecule has 0 aliphatic carbocycles. The van der Waals surface area contributed by atoms with Gasteiger partial charge >= 0.3 is 11.9 Å². The van der Waals surface area contributed by atoms with Crippen molar-refractivity contribution in [3.8, 4) is 17.2 Å². The fourth-order valence-corrected chi connectivity index (χ4v) is 3.15. The fourth-order valence-electron chi connectivity index (χ4n) is 3.15. The van der Waals surface area contributed by atoms with E-state index in [0.717, 1.165) is 0 Å². The smallest absolute Gasteiger partial charge is 0.334 e. The third-order valence-corrected chi connectivity index (χ3v) is 4.27. The Bertz CT molecular complexity index is 787. The number of ether oxygens (including phenoxy) is 3. The molecule has 1 aliphatic rings. The van der Waals surface area contributed by atoms with Crippen LogP contribution in [0.3, 0.4) is 0 Å². The first-order valence-corrected chi connectivity index (χ1v) is 7.71. The molecule has 0 bridgehead atoms. The lowest BCUT2D eigenvalue weighted by atomic mass is 9.80. The van der Waals surface area contributed by atoms with Gasteiger partial charge in [0, 0.05) is 23.0 Å². The van der Waals surface area contributed by atoms with Crippen molar-refractivity contribution >= 4 is 11.9 Å². The van der Waals surface area contributed by atoms with E-state index in [4.69, 9.17) is 14.2 Å². The average molecular weight is 363 g/mol. The summed E-state index contributed by atoms with van der Waals surface area (Å²) in [6.07, 6.45) is 0. The highest BCUT2D eigenvalue weighted by Crippen LogP contribution is 2.45. The van der Waals surface area contributed by atoms with E-state index in [1.807, 2.05) is 0 Å². The van der Waals surface area contributed by atoms with Crippen LogP contribution >= 0.6 is 0 Å². The van der Waals surface area contributed by atoms with Gasteiger partial charge in [0.2, 0.25) is 0 Å². The minimum absolute atomic E-state index is 0.0708. The number of allylic oxidation sites excluding steroid dienone is 2. The summed E-state index contributed by atoms with van der Waals surface area (Å²) in [5.41, 5.74) is 0.945. The normalized spacial score (nSPS) is 14.8. The second-order valence-corrected chi connectivity index (χ2v) is 5.69. The first-order chi connectivity index (χ1) is 12.3. The number of carboxylic acids is 2. The van der Waals surface area contributed by atoms with Crippen LogP contribution in [-0.2, 0) is 9.59 Å². The molecule has 1 aromatic rings. The molecule has 1 heterocycles. The summed E-state index contributed by atoms with van der Waals surface area (Å²) in [5.74, 6) is -2.45. The Labute approximate surface area is 150 Å². The van der Waals surface area contributed by atoms with Gasteiger partial charge in [0.1, 0.15) is 5.75 Å². The Morgan fingerprint density at radius 2 is 1.27 bits per heavy atom. The zero-order valence-electron chi connectivity index (χ0n) is 15.2. The molecule has 8 nitrogen and oxygen atoms in total. The molecule has 0 radical (unpaired) electrons. The topological polar surface area (TPSA) is 114 Å². The van der Waals surface area contributed by atoms with Crippen LogP contribution in [0.1, 0.15) is 25.3 Å². The lowest BCUT2D eigenvalue weighted by Crippen LogP contribution is -2.31. The van der Waals surface area contributed by atoms with Crippen molar-refractivity contribution in [3.63, 3.8) is 0 Å². The molecule has 0 fully saturated rings. The number of methoxy groups -OCH3 is 3. The van der Waals surface area contributed by atoms with Crippen LogP contribution in [0.25, 0.3) is 0 Å². The lowest BCUT2D eigenvalue weighted by molar-refractivity contribution is -0.133. The quantitative estimate of drug-likeness (QED) is 0.704. The second kappa shape index (κ2) is 7.38. The zero-order chi connectivity index (χ0) is 19.6. The van der Waals surface area contributed by atoms with Gasteiger partial charge in [-0.2, -0.15) is 0 Å². The van der Waals surface area contributed by atoms with Gasteiger partial charge in [-0.25, -0.2) is 9.59 Å². The van der Waals surface area contributed by atoms with E-state index in [0.29, 0.717) is 34.2 Å². The molecular weight excluding hydrogens is 342 g/mol. The molecule has 0 spiro atoms. The predicted molar refractivity (Wildman–Crippen MR) is 92.6 cm³/mol. The fraction of sp³-hybridized carbons (Fsp3) is 0.333. The summed E-state index contributed by atoms with van der Waals surface area (Å²) in [5, 5.41) is 22.2. The van der Waals surface area contributed by atoms with Crippen molar-refractivity contribution in [1.29, 1.82) is 0 Å². The SMILES string of the molecule is COc1cc(OC)c(C2C(C(=O)O)=C(C)NC(C)=C2C(=O)O)cc1OC. The molecule has 0 saturated heterocycles. The number of carboxylic acid groups (broad SMARTS) is 2. The third kappa shape index (κ3) is 3.17. The maximum absolute atomic E-state index is 11.9. The van der Waals surface area contributed by atoms with Crippen molar-refractivity contribution in [3.05, 3.63) is 40.2 Å². The van der Waals surface area contributed by atoms with Crippen molar-refractivity contribution in [2.45, 2.75) is 19.8 Å². The van der Waals surface area contributed by atoms with Gasteiger partial charge < -0.3 is 29.7 Å². The van der Waals surface area contributed by atoms with Crippen LogP contribution in [0, 0.1) is 0 Å². The summed E-state index contributed by atoms with van der Waals surface area (Å²) >= 11 is 0. The minimum Gasteiger partial charge on any atom is -0.496 e. The van der Waals surface area contributed by atoms with Crippen molar-refractivity contribution in [1.82, 2.24) is 5.32 Å². The molecular formula is C18H21NO7. The van der Waals surface area contributed by atoms with Gasteiger partial charge in [-0.05, 0) is 19.9 Å². The molecule has 0 amide bonds. The van der Waals surface area contributed by atoms with Gasteiger partial charge in [-0.3, -0.25) is 0 Å². The Morgan fingerprint density at radius 3 is 1.65 bits per heavy atom. The maximum Gasteiger partial charge on any atom is 0.334 e. The van der Waals surface area contributed by atoms with E-state index in [-0.39, 0.29) is 11.1 Å². The van der Waals surface area contributed by atoms with E-state index in [9.17, 15) is 19.8 Å². The van der Waals surface area contributed by atoms with E-state index >= 15 is 0 Å². The molecule has 2 rings (SSSR count). The van der Waals surface area contributed by atoms with E-state index in [2.05, 4.69) is 5.32 Å². The van der Waals surface area contributed by atoms with Crippen molar-refractivity contribution < 1.29 is 34.0 Å². The second-order valence-electron chi connectivity index (χ2n) is 5.69. The highest BCUT2D eigenvalue weighted by Gasteiger charge is 2.38. The van der Waals surface area contributed by atoms with Crippen LogP contribution in [0.2, 0.25) is 0 Å². The van der Waals surface area contributed by atoms with Gasteiger partial charge in [0.15, 0.2) is 11.5 Å². The molecule has 3 N–H and O–H groups in total. The first kappa shape index (κ1) is 19.2. The monoisotopic (exact) mass is 363 g/mol. The van der Waals surface area contributed by atoms with Crippen LogP contribution < -0.4 is 19.5 Å². The van der Waals surface area contributed by atoms with Crippen LogP contribution in [-0.4, -0.2) is 43.5 Å². The van der Waals surface area contributed by atoms with Gasteiger partial charge in [0.25, 0.3) is 0 Å².